The summed E-state index contributed by atoms with van der Waals surface area (Å²) in [6.07, 6.45) is 12.4. The maximum atomic E-state index is 6.51. The topological polar surface area (TPSA) is 44.5 Å². The fourth-order valence-electron chi connectivity index (χ4n) is 3.21. The molecule has 1 aliphatic heterocycles. The molecule has 0 amide bonds. The Morgan fingerprint density at radius 1 is 1.05 bits per heavy atom. The van der Waals surface area contributed by atoms with Crippen molar-refractivity contribution in [2.75, 3.05) is 13.2 Å². The molecule has 0 saturated carbocycles. The van der Waals surface area contributed by atoms with Crippen molar-refractivity contribution in [3.63, 3.8) is 0 Å². The minimum atomic E-state index is -0.560. The van der Waals surface area contributed by atoms with Gasteiger partial charge in [-0.2, -0.15) is 0 Å². The zero-order chi connectivity index (χ0) is 15.6. The van der Waals surface area contributed by atoms with E-state index in [-0.39, 0.29) is 6.10 Å². The van der Waals surface area contributed by atoms with Gasteiger partial charge < -0.3 is 15.2 Å². The van der Waals surface area contributed by atoms with E-state index in [0.717, 1.165) is 32.5 Å². The number of nitrogens with two attached hydrogens (primary N) is 1. The number of hydrogen-bond acceptors (Lipinski definition) is 3. The van der Waals surface area contributed by atoms with Crippen LogP contribution in [-0.4, -0.2) is 25.0 Å². The summed E-state index contributed by atoms with van der Waals surface area (Å²) in [5.41, 5.74) is 5.95. The van der Waals surface area contributed by atoms with Crippen LogP contribution >= 0.6 is 0 Å². The van der Waals surface area contributed by atoms with E-state index in [1.54, 1.807) is 0 Å². The molecule has 2 N–H and O–H groups in total. The summed E-state index contributed by atoms with van der Waals surface area (Å²) in [6, 6.07) is 0. The predicted molar refractivity (Wildman–Crippen MR) is 89.3 cm³/mol. The molecule has 0 bridgehead atoms. The largest absolute Gasteiger partial charge is 0.373 e. The second kappa shape index (κ2) is 10.6. The molecule has 21 heavy (non-hydrogen) atoms. The Hall–Kier alpha value is -0.120. The summed E-state index contributed by atoms with van der Waals surface area (Å²) in [5.74, 6) is 0.497. The summed E-state index contributed by atoms with van der Waals surface area (Å²) >= 11 is 0. The zero-order valence-corrected chi connectivity index (χ0v) is 14.5. The van der Waals surface area contributed by atoms with Gasteiger partial charge in [0.25, 0.3) is 0 Å². The van der Waals surface area contributed by atoms with E-state index in [1.165, 1.54) is 44.9 Å². The smallest absolute Gasteiger partial charge is 0.143 e. The molecular formula is C18H37NO2. The van der Waals surface area contributed by atoms with Crippen LogP contribution in [-0.2, 0) is 9.47 Å². The first-order valence-corrected chi connectivity index (χ1v) is 9.16. The molecule has 0 spiro atoms. The highest BCUT2D eigenvalue weighted by Crippen LogP contribution is 2.31. The van der Waals surface area contributed by atoms with Gasteiger partial charge in [0.05, 0.1) is 6.10 Å². The lowest BCUT2D eigenvalue weighted by Crippen LogP contribution is -2.58. The van der Waals surface area contributed by atoms with Crippen molar-refractivity contribution >= 4 is 0 Å². The molecule has 3 atom stereocenters. The van der Waals surface area contributed by atoms with Crippen LogP contribution in [0.1, 0.15) is 85.0 Å². The summed E-state index contributed by atoms with van der Waals surface area (Å²) in [7, 11) is 0. The molecule has 3 nitrogen and oxygen atoms in total. The summed E-state index contributed by atoms with van der Waals surface area (Å²) in [5, 5.41) is 0. The second-order valence-electron chi connectivity index (χ2n) is 6.84. The van der Waals surface area contributed by atoms with E-state index in [9.17, 15) is 0 Å². The highest BCUT2D eigenvalue weighted by molar-refractivity contribution is 4.89. The summed E-state index contributed by atoms with van der Waals surface area (Å²) in [4.78, 5) is 0. The SMILES string of the molecule is CCCCCCCCCC1OCC(C)CC1(N)OCCC. The Morgan fingerprint density at radius 2 is 1.71 bits per heavy atom. The van der Waals surface area contributed by atoms with Crippen molar-refractivity contribution in [1.82, 2.24) is 0 Å². The van der Waals surface area contributed by atoms with Crippen molar-refractivity contribution < 1.29 is 9.47 Å². The van der Waals surface area contributed by atoms with Crippen LogP contribution in [0.3, 0.4) is 0 Å². The van der Waals surface area contributed by atoms with Crippen LogP contribution in [0.4, 0.5) is 0 Å². The minimum absolute atomic E-state index is 0.0795. The average molecular weight is 299 g/mol. The third kappa shape index (κ3) is 7.12. The van der Waals surface area contributed by atoms with Gasteiger partial charge in [-0.15, -0.1) is 0 Å². The third-order valence-corrected chi connectivity index (χ3v) is 4.44. The molecule has 0 aliphatic carbocycles. The standard InChI is InChI=1S/C18H37NO2/c1-4-6-7-8-9-10-11-12-17-18(19,21-13-5-2)14-16(3)15-20-17/h16-17H,4-15,19H2,1-3H3. The van der Waals surface area contributed by atoms with Crippen molar-refractivity contribution in [3.8, 4) is 0 Å². The van der Waals surface area contributed by atoms with E-state index >= 15 is 0 Å². The average Bonchev–Trinajstić information content (AvgIpc) is 2.46. The Kier molecular flexibility index (Phi) is 9.54. The fourth-order valence-corrected chi connectivity index (χ4v) is 3.21. The number of hydrogen-bond donors (Lipinski definition) is 1. The van der Waals surface area contributed by atoms with Crippen molar-refractivity contribution in [1.29, 1.82) is 0 Å². The molecule has 0 aromatic heterocycles. The molecule has 1 heterocycles. The third-order valence-electron chi connectivity index (χ3n) is 4.44. The number of unbranched alkanes of at least 4 members (excludes halogenated alkanes) is 6. The molecule has 0 aromatic carbocycles. The molecule has 1 fully saturated rings. The first kappa shape index (κ1) is 18.9. The van der Waals surface area contributed by atoms with Crippen molar-refractivity contribution in [2.45, 2.75) is 96.8 Å². The molecule has 3 heteroatoms. The molecule has 126 valence electrons. The summed E-state index contributed by atoms with van der Waals surface area (Å²) in [6.45, 7) is 8.15. The first-order chi connectivity index (χ1) is 10.1. The molecule has 0 radical (unpaired) electrons. The van der Waals surface area contributed by atoms with E-state index < -0.39 is 5.72 Å². The molecule has 1 rings (SSSR count). The van der Waals surface area contributed by atoms with Gasteiger partial charge in [-0.1, -0.05) is 65.7 Å². The van der Waals surface area contributed by atoms with Gasteiger partial charge in [0, 0.05) is 13.2 Å². The Morgan fingerprint density at radius 3 is 2.38 bits per heavy atom. The van der Waals surface area contributed by atoms with E-state index in [1.807, 2.05) is 0 Å². The zero-order valence-electron chi connectivity index (χ0n) is 14.5. The maximum absolute atomic E-state index is 6.51. The lowest BCUT2D eigenvalue weighted by Gasteiger charge is -2.43. The lowest BCUT2D eigenvalue weighted by molar-refractivity contribution is -0.190. The van der Waals surface area contributed by atoms with Crippen molar-refractivity contribution in [2.24, 2.45) is 11.7 Å². The summed E-state index contributed by atoms with van der Waals surface area (Å²) < 4.78 is 12.0. The van der Waals surface area contributed by atoms with E-state index in [0.29, 0.717) is 5.92 Å². The van der Waals surface area contributed by atoms with Gasteiger partial charge in [0.1, 0.15) is 5.72 Å². The molecule has 1 aliphatic rings. The molecule has 3 unspecified atom stereocenters. The van der Waals surface area contributed by atoms with E-state index in [2.05, 4.69) is 20.8 Å². The number of ether oxygens (including phenoxy) is 2. The Labute approximate surface area is 132 Å². The Bertz CT molecular complexity index is 260. The van der Waals surface area contributed by atoms with Gasteiger partial charge in [0.2, 0.25) is 0 Å². The molecule has 0 aromatic rings. The van der Waals surface area contributed by atoms with Crippen LogP contribution in [0.2, 0.25) is 0 Å². The second-order valence-corrected chi connectivity index (χ2v) is 6.84. The fraction of sp³-hybridized carbons (Fsp3) is 1.00. The van der Waals surface area contributed by atoms with Crippen LogP contribution in [0.5, 0.6) is 0 Å². The monoisotopic (exact) mass is 299 g/mol. The predicted octanol–water partition coefficient (Wildman–Crippen LogP) is 4.63. The molecule has 1 saturated heterocycles. The van der Waals surface area contributed by atoms with Crippen molar-refractivity contribution in [3.05, 3.63) is 0 Å². The van der Waals surface area contributed by atoms with Crippen LogP contribution < -0.4 is 5.73 Å². The van der Waals surface area contributed by atoms with Crippen LogP contribution in [0.15, 0.2) is 0 Å². The molecular weight excluding hydrogens is 262 g/mol. The quantitative estimate of drug-likeness (QED) is 0.447. The van der Waals surface area contributed by atoms with Gasteiger partial charge in [-0.25, -0.2) is 0 Å². The highest BCUT2D eigenvalue weighted by Gasteiger charge is 2.41. The van der Waals surface area contributed by atoms with Gasteiger partial charge in [0.15, 0.2) is 0 Å². The van der Waals surface area contributed by atoms with Gasteiger partial charge >= 0.3 is 0 Å². The van der Waals surface area contributed by atoms with Gasteiger partial charge in [-0.3, -0.25) is 0 Å². The Balaban J connectivity index is 2.26. The van der Waals surface area contributed by atoms with Crippen LogP contribution in [0, 0.1) is 5.92 Å². The van der Waals surface area contributed by atoms with E-state index in [4.69, 9.17) is 15.2 Å². The first-order valence-electron chi connectivity index (χ1n) is 9.16. The number of rotatable bonds is 11. The van der Waals surface area contributed by atoms with Crippen LogP contribution in [0.25, 0.3) is 0 Å². The minimum Gasteiger partial charge on any atom is -0.373 e. The highest BCUT2D eigenvalue weighted by atomic mass is 16.6. The lowest BCUT2D eigenvalue weighted by atomic mass is 9.89. The normalized spacial score (nSPS) is 29.7. The van der Waals surface area contributed by atoms with Gasteiger partial charge in [-0.05, 0) is 25.2 Å². The maximum Gasteiger partial charge on any atom is 0.143 e.